The highest BCUT2D eigenvalue weighted by molar-refractivity contribution is 6.93. The topological polar surface area (TPSA) is 8.17 Å². The average Bonchev–Trinajstić information content (AvgIpc) is 3.75. The second-order valence-corrected chi connectivity index (χ2v) is 19.7. The lowest BCUT2D eigenvalue weighted by molar-refractivity contribution is 0.590. The normalized spacial score (nSPS) is 14.9. The predicted octanol–water partition coefficient (Wildman–Crippen LogP) is 13.0. The largest absolute Gasteiger partial charge is 0.376 e. The van der Waals surface area contributed by atoms with Crippen molar-refractivity contribution in [2.45, 2.75) is 57.8 Å². The molecular formula is C57H45BN2. The number of anilines is 2. The molecule has 8 aromatic carbocycles. The van der Waals surface area contributed by atoms with Gasteiger partial charge in [-0.25, -0.2) is 0 Å². The summed E-state index contributed by atoms with van der Waals surface area (Å²) in [5, 5.41) is 2.67. The average molecular weight is 769 g/mol. The van der Waals surface area contributed by atoms with Crippen LogP contribution in [-0.4, -0.2) is 11.4 Å². The van der Waals surface area contributed by atoms with E-state index in [9.17, 15) is 0 Å². The number of hydrogen-bond donors (Lipinski definition) is 0. The van der Waals surface area contributed by atoms with Gasteiger partial charge >= 0.3 is 6.85 Å². The first-order valence-corrected chi connectivity index (χ1v) is 21.6. The number of fused-ring (bicyclic) bond motifs is 16. The Hall–Kier alpha value is -6.58. The van der Waals surface area contributed by atoms with Crippen LogP contribution in [0, 0.1) is 0 Å². The number of hydrogen-bond acceptors (Lipinski definition) is 1. The predicted molar refractivity (Wildman–Crippen MR) is 254 cm³/mol. The molecule has 0 amide bonds. The van der Waals surface area contributed by atoms with Gasteiger partial charge in [-0.15, -0.1) is 0 Å². The van der Waals surface area contributed by atoms with Crippen molar-refractivity contribution in [1.82, 2.24) is 4.57 Å². The van der Waals surface area contributed by atoms with Crippen LogP contribution in [-0.2, 0) is 16.2 Å². The minimum absolute atomic E-state index is 0.0211. The number of nitrogens with zero attached hydrogens (tertiary/aromatic N) is 2. The molecule has 4 aliphatic rings. The zero-order chi connectivity index (χ0) is 40.4. The van der Waals surface area contributed by atoms with Crippen LogP contribution in [0.25, 0.3) is 60.9 Å². The van der Waals surface area contributed by atoms with Gasteiger partial charge in [0, 0.05) is 33.4 Å². The molecule has 0 saturated heterocycles. The summed E-state index contributed by atoms with van der Waals surface area (Å²) in [6, 6.07) is 63.3. The van der Waals surface area contributed by atoms with Crippen LogP contribution in [0.15, 0.2) is 164 Å². The molecule has 4 heterocycles. The van der Waals surface area contributed by atoms with Crippen LogP contribution in [0.1, 0.15) is 74.9 Å². The van der Waals surface area contributed by atoms with E-state index in [1.165, 1.54) is 117 Å². The van der Waals surface area contributed by atoms with Gasteiger partial charge in [0.1, 0.15) is 0 Å². The molecule has 0 N–H and O–H groups in total. The zero-order valence-electron chi connectivity index (χ0n) is 35.1. The summed E-state index contributed by atoms with van der Waals surface area (Å²) in [5.74, 6) is 0. The molecule has 2 nitrogen and oxygen atoms in total. The van der Waals surface area contributed by atoms with Crippen LogP contribution >= 0.6 is 0 Å². The third-order valence-electron chi connectivity index (χ3n) is 14.4. The Labute approximate surface area is 352 Å². The Morgan fingerprint density at radius 1 is 0.450 bits per heavy atom. The van der Waals surface area contributed by atoms with E-state index in [1.54, 1.807) is 0 Å². The summed E-state index contributed by atoms with van der Waals surface area (Å²) in [6.45, 7) is 14.1. The Morgan fingerprint density at radius 3 is 1.78 bits per heavy atom. The van der Waals surface area contributed by atoms with Crippen molar-refractivity contribution in [3.8, 4) is 39.1 Å². The highest BCUT2D eigenvalue weighted by atomic mass is 15.1. The fraction of sp³-hybridized carbons (Fsp3) is 0.158. The van der Waals surface area contributed by atoms with Gasteiger partial charge in [-0.2, -0.15) is 0 Å². The van der Waals surface area contributed by atoms with E-state index in [1.807, 2.05) is 0 Å². The van der Waals surface area contributed by atoms with Crippen molar-refractivity contribution in [2.75, 3.05) is 4.81 Å². The van der Waals surface area contributed by atoms with E-state index in [4.69, 9.17) is 0 Å². The smallest absolute Gasteiger partial charge is 0.333 e. The number of para-hydroxylation sites is 2. The maximum atomic E-state index is 2.77. The quantitative estimate of drug-likeness (QED) is 0.151. The monoisotopic (exact) mass is 768 g/mol. The van der Waals surface area contributed by atoms with Gasteiger partial charge < -0.3 is 9.38 Å². The Bertz CT molecular complexity index is 3310. The van der Waals surface area contributed by atoms with Crippen molar-refractivity contribution in [2.24, 2.45) is 0 Å². The minimum Gasteiger partial charge on any atom is -0.376 e. The van der Waals surface area contributed by atoms with Crippen molar-refractivity contribution >= 4 is 51.0 Å². The van der Waals surface area contributed by atoms with Gasteiger partial charge in [-0.3, -0.25) is 0 Å². The maximum absolute atomic E-state index is 2.77. The molecule has 0 radical (unpaired) electrons. The minimum atomic E-state index is -0.474. The molecule has 1 spiro atoms. The standard InChI is InChI=1S/C57H45BN2/c1-55(2,3)36-27-28-49-41(31-36)43-32-37(56(4,5)6)33-48-54(43)59(49)51-30-35(34-17-8-7-9-18-34)29-42-40-21-16-25-47-53(40)60(58(48)52(42)51)50-26-15-14-24-46(50)57(47)44-22-12-10-19-38(44)39-20-11-13-23-45(39)57/h7-33H,1-6H3. The van der Waals surface area contributed by atoms with Crippen molar-refractivity contribution in [3.63, 3.8) is 0 Å². The fourth-order valence-corrected chi connectivity index (χ4v) is 11.8. The van der Waals surface area contributed by atoms with Crippen LogP contribution in [0.5, 0.6) is 0 Å². The molecule has 0 fully saturated rings. The van der Waals surface area contributed by atoms with E-state index in [0.717, 1.165) is 0 Å². The summed E-state index contributed by atoms with van der Waals surface area (Å²) in [5.41, 5.74) is 24.7. The van der Waals surface area contributed by atoms with E-state index >= 15 is 0 Å². The van der Waals surface area contributed by atoms with Gasteiger partial charge in [0.05, 0.1) is 16.4 Å². The zero-order valence-corrected chi connectivity index (χ0v) is 35.1. The van der Waals surface area contributed by atoms with E-state index < -0.39 is 5.41 Å². The maximum Gasteiger partial charge on any atom is 0.333 e. The molecule has 3 aliphatic heterocycles. The summed E-state index contributed by atoms with van der Waals surface area (Å²) >= 11 is 0. The summed E-state index contributed by atoms with van der Waals surface area (Å²) in [6.07, 6.45) is 0. The molecule has 0 bridgehead atoms. The fourth-order valence-electron chi connectivity index (χ4n) is 11.8. The highest BCUT2D eigenvalue weighted by Gasteiger charge is 2.56. The number of benzene rings is 8. The molecule has 9 aromatic rings. The molecular weight excluding hydrogens is 723 g/mol. The summed E-state index contributed by atoms with van der Waals surface area (Å²) < 4.78 is 2.64. The first-order valence-electron chi connectivity index (χ1n) is 21.6. The highest BCUT2D eigenvalue weighted by Crippen LogP contribution is 2.64. The van der Waals surface area contributed by atoms with E-state index in [0.29, 0.717) is 0 Å². The van der Waals surface area contributed by atoms with Crippen molar-refractivity contribution in [1.29, 1.82) is 0 Å². The van der Waals surface area contributed by atoms with Crippen molar-refractivity contribution in [3.05, 3.63) is 197 Å². The number of rotatable bonds is 1. The second kappa shape index (κ2) is 11.4. The van der Waals surface area contributed by atoms with E-state index in [-0.39, 0.29) is 17.7 Å². The van der Waals surface area contributed by atoms with Gasteiger partial charge in [0.15, 0.2) is 0 Å². The molecule has 0 atom stereocenters. The summed E-state index contributed by atoms with van der Waals surface area (Å²) in [4.78, 5) is 2.77. The Morgan fingerprint density at radius 2 is 1.07 bits per heavy atom. The molecule has 286 valence electrons. The van der Waals surface area contributed by atoms with Crippen LogP contribution in [0.3, 0.4) is 0 Å². The summed E-state index contributed by atoms with van der Waals surface area (Å²) in [7, 11) is 0. The Kier molecular flexibility index (Phi) is 6.50. The SMILES string of the molecule is CC(C)(C)c1ccc2c(c1)c1cc(C(C)(C)C)cc3c1n2-c1cc(-c2ccccc2)cc2c1B3N1c3ccccc3C3(c4ccccc4-c4ccccc43)c3cccc-2c31. The third kappa shape index (κ3) is 4.15. The molecule has 0 saturated carbocycles. The molecule has 1 aliphatic carbocycles. The lowest BCUT2D eigenvalue weighted by Gasteiger charge is -2.51. The van der Waals surface area contributed by atoms with Crippen LogP contribution in [0.4, 0.5) is 11.4 Å². The van der Waals surface area contributed by atoms with Gasteiger partial charge in [0.25, 0.3) is 0 Å². The van der Waals surface area contributed by atoms with Crippen LogP contribution < -0.4 is 15.7 Å². The lowest BCUT2D eigenvalue weighted by Crippen LogP contribution is -2.62. The van der Waals surface area contributed by atoms with Gasteiger partial charge in [-0.05, 0) is 119 Å². The number of aromatic nitrogens is 1. The van der Waals surface area contributed by atoms with Crippen molar-refractivity contribution < 1.29 is 0 Å². The molecule has 0 unspecified atom stereocenters. The molecule has 60 heavy (non-hydrogen) atoms. The molecule has 1 aromatic heterocycles. The molecule has 3 heteroatoms. The third-order valence-corrected chi connectivity index (χ3v) is 14.4. The van der Waals surface area contributed by atoms with E-state index in [2.05, 4.69) is 215 Å². The second-order valence-electron chi connectivity index (χ2n) is 19.7. The molecule has 13 rings (SSSR count). The van der Waals surface area contributed by atoms with Gasteiger partial charge in [-0.1, -0.05) is 169 Å². The van der Waals surface area contributed by atoms with Crippen LogP contribution in [0.2, 0.25) is 0 Å². The first-order chi connectivity index (χ1) is 29.0. The van der Waals surface area contributed by atoms with Gasteiger partial charge in [0.2, 0.25) is 0 Å². The lowest BCUT2D eigenvalue weighted by atomic mass is 9.42. The first kappa shape index (κ1) is 34.3. The Balaban J connectivity index is 1.23.